The molecule has 1 amide bonds. The zero-order valence-corrected chi connectivity index (χ0v) is 10.6. The maximum absolute atomic E-state index is 13.5. The van der Waals surface area contributed by atoms with Crippen molar-refractivity contribution in [3.05, 3.63) is 34.6 Å². The van der Waals surface area contributed by atoms with Gasteiger partial charge in [0.2, 0.25) is 0 Å². The second-order valence-corrected chi connectivity index (χ2v) is 5.12. The number of nitrogens with one attached hydrogen (secondary N) is 1. The van der Waals surface area contributed by atoms with Crippen LogP contribution in [0.3, 0.4) is 0 Å². The van der Waals surface area contributed by atoms with Crippen LogP contribution in [-0.4, -0.2) is 23.2 Å². The Morgan fingerprint density at radius 3 is 2.72 bits per heavy atom. The molecule has 0 saturated heterocycles. The highest BCUT2D eigenvalue weighted by molar-refractivity contribution is 6.33. The monoisotopic (exact) mass is 271 g/mol. The Bertz CT molecular complexity index is 438. The lowest BCUT2D eigenvalue weighted by Crippen LogP contribution is -2.41. The van der Waals surface area contributed by atoms with Gasteiger partial charge in [-0.3, -0.25) is 4.79 Å². The first-order valence-corrected chi connectivity index (χ1v) is 6.34. The van der Waals surface area contributed by atoms with Crippen LogP contribution in [0, 0.1) is 5.82 Å². The minimum absolute atomic E-state index is 0.0749. The molecule has 0 radical (unpaired) electrons. The molecule has 0 unspecified atom stereocenters. The Balaban J connectivity index is 2.04. The van der Waals surface area contributed by atoms with Crippen LogP contribution in [0.2, 0.25) is 5.02 Å². The molecular weight excluding hydrogens is 257 g/mol. The summed E-state index contributed by atoms with van der Waals surface area (Å²) < 4.78 is 13.5. The Hall–Kier alpha value is -1.13. The second-order valence-electron chi connectivity index (χ2n) is 4.71. The molecule has 0 aliphatic heterocycles. The van der Waals surface area contributed by atoms with Gasteiger partial charge in [0.05, 0.1) is 16.2 Å². The number of carbonyl (C=O) groups excluding carboxylic acids is 1. The molecule has 0 spiro atoms. The number of carbonyl (C=O) groups is 1. The van der Waals surface area contributed by atoms with Gasteiger partial charge in [-0.2, -0.15) is 0 Å². The number of rotatable bonds is 3. The molecule has 0 bridgehead atoms. The number of amides is 1. The van der Waals surface area contributed by atoms with Crippen LogP contribution in [-0.2, 0) is 0 Å². The van der Waals surface area contributed by atoms with Gasteiger partial charge in [0, 0.05) is 6.54 Å². The zero-order chi connectivity index (χ0) is 13.2. The lowest BCUT2D eigenvalue weighted by Gasteiger charge is -2.22. The van der Waals surface area contributed by atoms with Crippen molar-refractivity contribution in [1.82, 2.24) is 5.32 Å². The number of benzene rings is 1. The summed E-state index contributed by atoms with van der Waals surface area (Å²) in [6.45, 7) is 0.135. The third-order valence-electron chi connectivity index (χ3n) is 3.30. The molecule has 0 atom stereocenters. The molecule has 0 heterocycles. The molecule has 1 saturated carbocycles. The van der Waals surface area contributed by atoms with Gasteiger partial charge in [-0.05, 0) is 25.0 Å². The molecule has 5 heteroatoms. The van der Waals surface area contributed by atoms with E-state index >= 15 is 0 Å². The predicted molar refractivity (Wildman–Crippen MR) is 67.2 cm³/mol. The van der Waals surface area contributed by atoms with Gasteiger partial charge in [-0.25, -0.2) is 4.39 Å². The summed E-state index contributed by atoms with van der Waals surface area (Å²) in [5, 5.41) is 12.7. The van der Waals surface area contributed by atoms with Crippen molar-refractivity contribution in [2.45, 2.75) is 31.3 Å². The number of aliphatic hydroxyl groups is 1. The number of hydrogen-bond acceptors (Lipinski definition) is 2. The largest absolute Gasteiger partial charge is 0.388 e. The smallest absolute Gasteiger partial charge is 0.255 e. The van der Waals surface area contributed by atoms with Gasteiger partial charge < -0.3 is 10.4 Å². The fourth-order valence-corrected chi connectivity index (χ4v) is 2.51. The van der Waals surface area contributed by atoms with E-state index in [1.54, 1.807) is 0 Å². The topological polar surface area (TPSA) is 49.3 Å². The van der Waals surface area contributed by atoms with Crippen LogP contribution in [0.25, 0.3) is 0 Å². The predicted octanol–water partition coefficient (Wildman–Crippen LogP) is 2.51. The molecule has 18 heavy (non-hydrogen) atoms. The third-order valence-corrected chi connectivity index (χ3v) is 3.62. The van der Waals surface area contributed by atoms with Gasteiger partial charge in [0.15, 0.2) is 0 Å². The lowest BCUT2D eigenvalue weighted by atomic mass is 10.0. The molecule has 1 aliphatic rings. The summed E-state index contributed by atoms with van der Waals surface area (Å²) in [6, 6.07) is 4.09. The van der Waals surface area contributed by atoms with Crippen LogP contribution in [0.15, 0.2) is 18.2 Å². The maximum Gasteiger partial charge on any atom is 0.255 e. The number of hydrogen-bond donors (Lipinski definition) is 2. The minimum atomic E-state index is -0.854. The van der Waals surface area contributed by atoms with E-state index in [-0.39, 0.29) is 17.1 Å². The first-order valence-electron chi connectivity index (χ1n) is 5.96. The first-order chi connectivity index (χ1) is 8.52. The summed E-state index contributed by atoms with van der Waals surface area (Å²) in [7, 11) is 0. The van der Waals surface area contributed by atoms with E-state index in [9.17, 15) is 14.3 Å². The Kier molecular flexibility index (Phi) is 3.88. The summed E-state index contributed by atoms with van der Waals surface area (Å²) in [4.78, 5) is 11.8. The standard InChI is InChI=1S/C13H15ClFNO2/c14-9-4-3-5-10(15)11(9)12(17)16-8-13(18)6-1-2-7-13/h3-5,18H,1-2,6-8H2,(H,16,17). The van der Waals surface area contributed by atoms with Crippen molar-refractivity contribution < 1.29 is 14.3 Å². The summed E-state index contributed by atoms with van der Waals surface area (Å²) in [6.07, 6.45) is 3.23. The third kappa shape index (κ3) is 2.82. The van der Waals surface area contributed by atoms with Gasteiger partial charge in [-0.1, -0.05) is 30.5 Å². The van der Waals surface area contributed by atoms with E-state index in [1.165, 1.54) is 18.2 Å². The Morgan fingerprint density at radius 2 is 2.11 bits per heavy atom. The van der Waals surface area contributed by atoms with Crippen LogP contribution in [0.5, 0.6) is 0 Å². The molecule has 1 fully saturated rings. The van der Waals surface area contributed by atoms with E-state index in [0.717, 1.165) is 12.8 Å². The highest BCUT2D eigenvalue weighted by Crippen LogP contribution is 2.28. The molecule has 1 aromatic rings. The number of halogens is 2. The average molecular weight is 272 g/mol. The quantitative estimate of drug-likeness (QED) is 0.887. The van der Waals surface area contributed by atoms with E-state index in [4.69, 9.17) is 11.6 Å². The van der Waals surface area contributed by atoms with E-state index in [0.29, 0.717) is 12.8 Å². The average Bonchev–Trinajstić information content (AvgIpc) is 2.74. The maximum atomic E-state index is 13.5. The highest BCUT2D eigenvalue weighted by atomic mass is 35.5. The highest BCUT2D eigenvalue weighted by Gasteiger charge is 2.31. The van der Waals surface area contributed by atoms with E-state index in [1.807, 2.05) is 0 Å². The van der Waals surface area contributed by atoms with Gasteiger partial charge in [0.25, 0.3) is 5.91 Å². The van der Waals surface area contributed by atoms with Gasteiger partial charge in [0.1, 0.15) is 5.82 Å². The van der Waals surface area contributed by atoms with Crippen molar-refractivity contribution in [2.75, 3.05) is 6.54 Å². The fraction of sp³-hybridized carbons (Fsp3) is 0.462. The zero-order valence-electron chi connectivity index (χ0n) is 9.88. The molecule has 0 aromatic heterocycles. The van der Waals surface area contributed by atoms with Crippen molar-refractivity contribution in [2.24, 2.45) is 0 Å². The first kappa shape index (κ1) is 13.3. The van der Waals surface area contributed by atoms with Crippen molar-refractivity contribution in [3.63, 3.8) is 0 Å². The van der Waals surface area contributed by atoms with Crippen LogP contribution in [0.1, 0.15) is 36.0 Å². The molecule has 1 aliphatic carbocycles. The van der Waals surface area contributed by atoms with E-state index < -0.39 is 17.3 Å². The second kappa shape index (κ2) is 5.24. The minimum Gasteiger partial charge on any atom is -0.388 e. The molecule has 1 aromatic carbocycles. The molecular formula is C13H15ClFNO2. The normalized spacial score (nSPS) is 17.7. The Morgan fingerprint density at radius 1 is 1.44 bits per heavy atom. The van der Waals surface area contributed by atoms with Crippen molar-refractivity contribution >= 4 is 17.5 Å². The molecule has 2 rings (SSSR count). The van der Waals surface area contributed by atoms with Crippen LogP contribution in [0.4, 0.5) is 4.39 Å². The van der Waals surface area contributed by atoms with E-state index in [2.05, 4.69) is 5.32 Å². The summed E-state index contributed by atoms with van der Waals surface area (Å²) in [5.41, 5.74) is -1.02. The van der Waals surface area contributed by atoms with Crippen LogP contribution < -0.4 is 5.32 Å². The molecule has 98 valence electrons. The van der Waals surface area contributed by atoms with Gasteiger partial charge >= 0.3 is 0 Å². The Labute approximate surface area is 110 Å². The van der Waals surface area contributed by atoms with Crippen molar-refractivity contribution in [1.29, 1.82) is 0 Å². The molecule has 2 N–H and O–H groups in total. The van der Waals surface area contributed by atoms with Crippen LogP contribution >= 0.6 is 11.6 Å². The summed E-state index contributed by atoms with van der Waals surface area (Å²) >= 11 is 5.79. The van der Waals surface area contributed by atoms with Gasteiger partial charge in [-0.15, -0.1) is 0 Å². The lowest BCUT2D eigenvalue weighted by molar-refractivity contribution is 0.0449. The SMILES string of the molecule is O=C(NCC1(O)CCCC1)c1c(F)cccc1Cl. The van der Waals surface area contributed by atoms with Crippen molar-refractivity contribution in [3.8, 4) is 0 Å². The fourth-order valence-electron chi connectivity index (χ4n) is 2.26. The molecule has 3 nitrogen and oxygen atoms in total. The summed E-state index contributed by atoms with van der Waals surface area (Å²) in [5.74, 6) is -1.24.